The lowest BCUT2D eigenvalue weighted by molar-refractivity contribution is 0.0525. The topological polar surface area (TPSA) is 72.8 Å². The number of hydrogen-bond acceptors (Lipinski definition) is 4. The molecule has 0 spiro atoms. The number of esters is 1. The summed E-state index contributed by atoms with van der Waals surface area (Å²) in [7, 11) is 1.51. The van der Waals surface area contributed by atoms with Crippen LogP contribution in [0.4, 0.5) is 0 Å². The molecule has 1 aromatic rings. The van der Waals surface area contributed by atoms with E-state index < -0.39 is 17.0 Å². The van der Waals surface area contributed by atoms with E-state index in [1.54, 1.807) is 13.0 Å². The van der Waals surface area contributed by atoms with Gasteiger partial charge in [-0.15, -0.1) is 0 Å². The quantitative estimate of drug-likeness (QED) is 0.641. The molecule has 0 saturated carbocycles. The molecule has 0 aromatic heterocycles. The van der Waals surface area contributed by atoms with E-state index in [0.29, 0.717) is 5.56 Å². The lowest BCUT2D eigenvalue weighted by Crippen LogP contribution is -2.07. The maximum atomic E-state index is 11.5. The van der Waals surface area contributed by atoms with Crippen LogP contribution < -0.4 is 0 Å². The van der Waals surface area contributed by atoms with E-state index in [4.69, 9.17) is 14.0 Å². The van der Waals surface area contributed by atoms with Gasteiger partial charge in [-0.2, -0.15) is 0 Å². The van der Waals surface area contributed by atoms with Gasteiger partial charge in [-0.3, -0.25) is 0 Å². The highest BCUT2D eigenvalue weighted by atomic mass is 32.2. The molecule has 0 saturated heterocycles. The number of benzene rings is 1. The number of hydrogen-bond donors (Lipinski definition) is 1. The van der Waals surface area contributed by atoms with Gasteiger partial charge < -0.3 is 14.0 Å². The second-order valence-electron chi connectivity index (χ2n) is 3.27. The van der Waals surface area contributed by atoms with Crippen molar-refractivity contribution in [1.82, 2.24) is 0 Å². The summed E-state index contributed by atoms with van der Waals surface area (Å²) in [6.07, 6.45) is 0. The van der Waals surface area contributed by atoms with Crippen LogP contribution >= 0.6 is 0 Å². The van der Waals surface area contributed by atoms with Gasteiger partial charge in [-0.25, -0.2) is 9.00 Å². The Morgan fingerprint density at radius 3 is 2.65 bits per heavy atom. The predicted octanol–water partition coefficient (Wildman–Crippen LogP) is 1.59. The third kappa shape index (κ3) is 3.92. The van der Waals surface area contributed by atoms with Crippen LogP contribution in [0.2, 0.25) is 0 Å². The molecule has 1 N–H and O–H groups in total. The van der Waals surface area contributed by atoms with Gasteiger partial charge in [0.15, 0.2) is 11.1 Å². The fraction of sp³-hybridized carbons (Fsp3) is 0.364. The Kier molecular flexibility index (Phi) is 5.27. The molecule has 0 aliphatic rings. The van der Waals surface area contributed by atoms with E-state index >= 15 is 0 Å². The van der Waals surface area contributed by atoms with Gasteiger partial charge >= 0.3 is 5.97 Å². The molecule has 17 heavy (non-hydrogen) atoms. The van der Waals surface area contributed by atoms with Crippen molar-refractivity contribution in [2.24, 2.45) is 0 Å². The lowest BCUT2D eigenvalue weighted by Gasteiger charge is -2.07. The van der Waals surface area contributed by atoms with E-state index in [2.05, 4.69) is 0 Å². The minimum atomic E-state index is -2.14. The summed E-state index contributed by atoms with van der Waals surface area (Å²) in [6.45, 7) is 2.21. The van der Waals surface area contributed by atoms with Crippen molar-refractivity contribution < 1.29 is 23.0 Å². The third-order valence-electron chi connectivity index (χ3n) is 1.99. The number of methoxy groups -OCH3 is 1. The summed E-state index contributed by atoms with van der Waals surface area (Å²) >= 11 is -2.14. The predicted molar refractivity (Wildman–Crippen MR) is 62.1 cm³/mol. The van der Waals surface area contributed by atoms with Crippen LogP contribution in [0, 0.1) is 0 Å². The zero-order chi connectivity index (χ0) is 12.8. The molecular formula is C11H14O5S. The Bertz CT molecular complexity index is 430. The van der Waals surface area contributed by atoms with Crippen LogP contribution in [-0.2, 0) is 27.2 Å². The van der Waals surface area contributed by atoms with Crippen LogP contribution in [0.15, 0.2) is 23.1 Å². The van der Waals surface area contributed by atoms with Gasteiger partial charge in [0.2, 0.25) is 0 Å². The zero-order valence-corrected chi connectivity index (χ0v) is 10.5. The SMILES string of the molecule is CCOC(=O)c1cc(COC)cc(S(=O)O)c1. The molecule has 0 heterocycles. The summed E-state index contributed by atoms with van der Waals surface area (Å²) in [4.78, 5) is 11.7. The second kappa shape index (κ2) is 6.48. The molecule has 1 unspecified atom stereocenters. The highest BCUT2D eigenvalue weighted by Gasteiger charge is 2.12. The third-order valence-corrected chi connectivity index (χ3v) is 2.63. The average Bonchev–Trinajstić information content (AvgIpc) is 2.29. The average molecular weight is 258 g/mol. The van der Waals surface area contributed by atoms with E-state index in [1.165, 1.54) is 19.2 Å². The first-order valence-corrected chi connectivity index (χ1v) is 6.10. The molecule has 0 radical (unpaired) electrons. The Hall–Kier alpha value is -1.24. The molecule has 1 rings (SSSR count). The Labute approximate surface area is 102 Å². The number of rotatable bonds is 5. The van der Waals surface area contributed by atoms with Crippen molar-refractivity contribution >= 4 is 17.0 Å². The highest BCUT2D eigenvalue weighted by Crippen LogP contribution is 2.15. The minimum Gasteiger partial charge on any atom is -0.462 e. The van der Waals surface area contributed by atoms with E-state index in [-0.39, 0.29) is 23.7 Å². The molecule has 1 aromatic carbocycles. The van der Waals surface area contributed by atoms with Crippen LogP contribution in [-0.4, -0.2) is 28.4 Å². The van der Waals surface area contributed by atoms with Gasteiger partial charge in [0.1, 0.15) is 0 Å². The fourth-order valence-corrected chi connectivity index (χ4v) is 1.82. The number of ether oxygens (including phenoxy) is 2. The first-order chi connectivity index (χ1) is 8.08. The van der Waals surface area contributed by atoms with Gasteiger partial charge in [-0.05, 0) is 30.7 Å². The molecular weight excluding hydrogens is 244 g/mol. The standard InChI is InChI=1S/C11H14O5S/c1-3-16-11(12)9-4-8(7-15-2)5-10(6-9)17(13)14/h4-6H,3,7H2,1-2H3,(H,13,14). The summed E-state index contributed by atoms with van der Waals surface area (Å²) in [5.41, 5.74) is 0.897. The fourth-order valence-electron chi connectivity index (χ4n) is 1.34. The van der Waals surface area contributed by atoms with Crippen molar-refractivity contribution in [1.29, 1.82) is 0 Å². The van der Waals surface area contributed by atoms with E-state index in [0.717, 1.165) is 0 Å². The second-order valence-corrected chi connectivity index (χ2v) is 4.24. The van der Waals surface area contributed by atoms with Crippen molar-refractivity contribution in [2.45, 2.75) is 18.4 Å². The molecule has 0 fully saturated rings. The molecule has 94 valence electrons. The maximum Gasteiger partial charge on any atom is 0.338 e. The van der Waals surface area contributed by atoms with Gasteiger partial charge in [0.25, 0.3) is 0 Å². The number of carbonyl (C=O) groups excluding carboxylic acids is 1. The van der Waals surface area contributed by atoms with Crippen molar-refractivity contribution in [2.75, 3.05) is 13.7 Å². The summed E-state index contributed by atoms with van der Waals surface area (Å²) in [5.74, 6) is -0.517. The van der Waals surface area contributed by atoms with E-state index in [1.807, 2.05) is 0 Å². The first kappa shape index (κ1) is 13.8. The van der Waals surface area contributed by atoms with Crippen molar-refractivity contribution in [3.05, 3.63) is 29.3 Å². The number of carbonyl (C=O) groups is 1. The Morgan fingerprint density at radius 1 is 1.41 bits per heavy atom. The molecule has 0 bridgehead atoms. The van der Waals surface area contributed by atoms with Crippen molar-refractivity contribution in [3.63, 3.8) is 0 Å². The largest absolute Gasteiger partial charge is 0.462 e. The van der Waals surface area contributed by atoms with E-state index in [9.17, 15) is 9.00 Å². The summed E-state index contributed by atoms with van der Waals surface area (Å²) in [5, 5.41) is 0. The maximum absolute atomic E-state index is 11.5. The molecule has 0 amide bonds. The van der Waals surface area contributed by atoms with Crippen LogP contribution in [0.25, 0.3) is 0 Å². The van der Waals surface area contributed by atoms with Crippen molar-refractivity contribution in [3.8, 4) is 0 Å². The summed E-state index contributed by atoms with van der Waals surface area (Å²) < 4.78 is 29.8. The van der Waals surface area contributed by atoms with Crippen LogP contribution in [0.3, 0.4) is 0 Å². The van der Waals surface area contributed by atoms with Gasteiger partial charge in [-0.1, -0.05) is 0 Å². The molecule has 0 aliphatic heterocycles. The zero-order valence-electron chi connectivity index (χ0n) is 9.63. The van der Waals surface area contributed by atoms with Crippen LogP contribution in [0.5, 0.6) is 0 Å². The Morgan fingerprint density at radius 2 is 2.12 bits per heavy atom. The van der Waals surface area contributed by atoms with Gasteiger partial charge in [0.05, 0.1) is 23.7 Å². The van der Waals surface area contributed by atoms with Crippen LogP contribution in [0.1, 0.15) is 22.8 Å². The Balaban J connectivity index is 3.11. The molecule has 5 nitrogen and oxygen atoms in total. The summed E-state index contributed by atoms with van der Waals surface area (Å²) in [6, 6.07) is 4.44. The highest BCUT2D eigenvalue weighted by molar-refractivity contribution is 7.79. The molecule has 0 aliphatic carbocycles. The normalized spacial score (nSPS) is 12.2. The molecule has 6 heteroatoms. The smallest absolute Gasteiger partial charge is 0.338 e. The first-order valence-electron chi connectivity index (χ1n) is 4.99. The van der Waals surface area contributed by atoms with Gasteiger partial charge in [0, 0.05) is 7.11 Å². The lowest BCUT2D eigenvalue weighted by atomic mass is 10.1. The monoisotopic (exact) mass is 258 g/mol. The molecule has 1 atom stereocenters. The minimum absolute atomic E-state index is 0.155.